The molecular formula is C26H38N2O3. The van der Waals surface area contributed by atoms with Gasteiger partial charge in [-0.15, -0.1) is 0 Å². The highest BCUT2D eigenvalue weighted by molar-refractivity contribution is 5.87. The summed E-state index contributed by atoms with van der Waals surface area (Å²) in [5.41, 5.74) is 0.767. The monoisotopic (exact) mass is 426 g/mol. The van der Waals surface area contributed by atoms with Gasteiger partial charge >= 0.3 is 5.97 Å². The number of carbonyl (C=O) groups excluding carboxylic acids is 1. The summed E-state index contributed by atoms with van der Waals surface area (Å²) in [6, 6.07) is 0. The fourth-order valence-electron chi connectivity index (χ4n) is 8.83. The van der Waals surface area contributed by atoms with Gasteiger partial charge in [-0.3, -0.25) is 9.48 Å². The molecule has 4 fully saturated rings. The molecule has 8 atom stereocenters. The van der Waals surface area contributed by atoms with E-state index in [0.717, 1.165) is 30.1 Å². The summed E-state index contributed by atoms with van der Waals surface area (Å²) in [4.78, 5) is 24.5. The van der Waals surface area contributed by atoms with E-state index in [0.29, 0.717) is 11.3 Å². The first-order valence-corrected chi connectivity index (χ1v) is 12.5. The number of fused-ring (bicyclic) bond motifs is 5. The van der Waals surface area contributed by atoms with E-state index in [2.05, 4.69) is 25.9 Å². The van der Waals surface area contributed by atoms with Gasteiger partial charge in [0.15, 0.2) is 5.78 Å². The summed E-state index contributed by atoms with van der Waals surface area (Å²) < 4.78 is 1.52. The number of carboxylic acids is 1. The number of carbonyl (C=O) groups is 2. The van der Waals surface area contributed by atoms with Crippen LogP contribution in [-0.4, -0.2) is 26.6 Å². The lowest BCUT2D eigenvalue weighted by Gasteiger charge is -2.61. The maximum Gasteiger partial charge on any atom is 0.338 e. The summed E-state index contributed by atoms with van der Waals surface area (Å²) in [6.07, 6.45) is 14.4. The number of ketones is 1. The minimum Gasteiger partial charge on any atom is -0.478 e. The minimum absolute atomic E-state index is 0.0906. The van der Waals surface area contributed by atoms with Crippen LogP contribution in [0.15, 0.2) is 12.4 Å². The van der Waals surface area contributed by atoms with Gasteiger partial charge in [0.25, 0.3) is 0 Å². The van der Waals surface area contributed by atoms with Crippen LogP contribution in [-0.2, 0) is 11.3 Å². The Balaban J connectivity index is 1.32. The standard InChI is InChI=1S/C26H38N2O3/c1-16-8-10-25(2)18(12-16)4-5-19-20-6-7-22(26(20,3)11-9-21(19)25)23(29)15-28-14-17(13-27-28)24(30)31/h13-14,16,18-22H,4-12,15H2,1-3H3,(H,30,31)/t16?,18?,19?,20?,21?,22-,25?,26?/m1/s1. The number of hydrogen-bond acceptors (Lipinski definition) is 3. The number of carboxylic acid groups (broad SMARTS) is 1. The molecule has 0 spiro atoms. The molecule has 5 heteroatoms. The molecule has 0 radical (unpaired) electrons. The Morgan fingerprint density at radius 2 is 1.81 bits per heavy atom. The number of nitrogens with zero attached hydrogens (tertiary/aromatic N) is 2. The molecule has 0 bridgehead atoms. The van der Waals surface area contributed by atoms with Gasteiger partial charge in [-0.25, -0.2) is 4.79 Å². The van der Waals surface area contributed by atoms with E-state index in [4.69, 9.17) is 5.11 Å². The molecule has 7 unspecified atom stereocenters. The second kappa shape index (κ2) is 7.45. The van der Waals surface area contributed by atoms with Gasteiger partial charge in [0, 0.05) is 12.1 Å². The first-order valence-electron chi connectivity index (χ1n) is 12.5. The van der Waals surface area contributed by atoms with Crippen LogP contribution >= 0.6 is 0 Å². The lowest BCUT2D eigenvalue weighted by atomic mass is 9.44. The molecule has 0 amide bonds. The van der Waals surface area contributed by atoms with E-state index < -0.39 is 5.97 Å². The van der Waals surface area contributed by atoms with Crippen molar-refractivity contribution >= 4 is 11.8 Å². The van der Waals surface area contributed by atoms with Gasteiger partial charge < -0.3 is 5.11 Å². The summed E-state index contributed by atoms with van der Waals surface area (Å²) >= 11 is 0. The number of Topliss-reactive ketones (excluding diaryl/α,β-unsaturated/α-hetero) is 1. The SMILES string of the molecule is CC1CCC2(C)C(CCC3C2CCC2(C)C3CC[C@@H]2C(=O)Cn2cc(C(=O)O)cn2)C1. The quantitative estimate of drug-likeness (QED) is 0.695. The molecule has 0 saturated heterocycles. The molecule has 1 aromatic heterocycles. The summed E-state index contributed by atoms with van der Waals surface area (Å²) in [6.45, 7) is 7.65. The van der Waals surface area contributed by atoms with Crippen molar-refractivity contribution in [2.75, 3.05) is 0 Å². The Hall–Kier alpha value is -1.65. The smallest absolute Gasteiger partial charge is 0.338 e. The second-order valence-electron chi connectivity index (χ2n) is 11.9. The highest BCUT2D eigenvalue weighted by Gasteiger charge is 2.60. The van der Waals surface area contributed by atoms with Crippen molar-refractivity contribution in [3.63, 3.8) is 0 Å². The van der Waals surface area contributed by atoms with E-state index in [1.54, 1.807) is 0 Å². The van der Waals surface area contributed by atoms with Crippen LogP contribution in [0.1, 0.15) is 88.9 Å². The van der Waals surface area contributed by atoms with Gasteiger partial charge in [0.1, 0.15) is 0 Å². The normalized spacial score (nSPS) is 44.2. The summed E-state index contributed by atoms with van der Waals surface area (Å²) in [5, 5.41) is 13.2. The number of aromatic carboxylic acids is 1. The Morgan fingerprint density at radius 3 is 2.55 bits per heavy atom. The van der Waals surface area contributed by atoms with Crippen molar-refractivity contribution in [2.24, 2.45) is 46.3 Å². The zero-order valence-electron chi connectivity index (χ0n) is 19.3. The van der Waals surface area contributed by atoms with E-state index in [1.807, 2.05) is 0 Å². The fraction of sp³-hybridized carbons (Fsp3) is 0.808. The fourth-order valence-corrected chi connectivity index (χ4v) is 8.83. The van der Waals surface area contributed by atoms with Crippen LogP contribution in [0.3, 0.4) is 0 Å². The van der Waals surface area contributed by atoms with Gasteiger partial charge in [-0.2, -0.15) is 5.10 Å². The van der Waals surface area contributed by atoms with E-state index in [1.165, 1.54) is 68.4 Å². The third-order valence-corrected chi connectivity index (χ3v) is 10.5. The van der Waals surface area contributed by atoms with E-state index >= 15 is 0 Å². The Kier molecular flexibility index (Phi) is 5.10. The van der Waals surface area contributed by atoms with Gasteiger partial charge in [-0.1, -0.05) is 27.2 Å². The molecule has 4 aliphatic rings. The molecule has 5 rings (SSSR count). The molecule has 4 aliphatic carbocycles. The topological polar surface area (TPSA) is 72.2 Å². The van der Waals surface area contributed by atoms with Gasteiger partial charge in [0.2, 0.25) is 0 Å². The molecule has 0 aliphatic heterocycles. The molecule has 0 aromatic carbocycles. The molecular weight excluding hydrogens is 388 g/mol. The van der Waals surface area contributed by atoms with Crippen LogP contribution in [0.2, 0.25) is 0 Å². The van der Waals surface area contributed by atoms with Gasteiger partial charge in [0.05, 0.1) is 18.3 Å². The predicted molar refractivity (Wildman–Crippen MR) is 119 cm³/mol. The Bertz CT molecular complexity index is 878. The van der Waals surface area contributed by atoms with Crippen molar-refractivity contribution in [3.8, 4) is 0 Å². The summed E-state index contributed by atoms with van der Waals surface area (Å²) in [5.74, 6) is 3.44. The third-order valence-electron chi connectivity index (χ3n) is 10.5. The zero-order valence-corrected chi connectivity index (χ0v) is 19.3. The summed E-state index contributed by atoms with van der Waals surface area (Å²) in [7, 11) is 0. The van der Waals surface area contributed by atoms with Crippen molar-refractivity contribution < 1.29 is 14.7 Å². The second-order valence-corrected chi connectivity index (χ2v) is 11.9. The van der Waals surface area contributed by atoms with Crippen LogP contribution in [0.25, 0.3) is 0 Å². The Morgan fingerprint density at radius 1 is 1.06 bits per heavy atom. The van der Waals surface area contributed by atoms with E-state index in [-0.39, 0.29) is 29.2 Å². The van der Waals surface area contributed by atoms with Crippen LogP contribution in [0.4, 0.5) is 0 Å². The first kappa shape index (κ1) is 21.2. The third kappa shape index (κ3) is 3.29. The zero-order chi connectivity index (χ0) is 22.0. The lowest BCUT2D eigenvalue weighted by molar-refractivity contribution is -0.137. The highest BCUT2D eigenvalue weighted by Crippen LogP contribution is 2.67. The largest absolute Gasteiger partial charge is 0.478 e. The van der Waals surface area contributed by atoms with Crippen molar-refractivity contribution in [1.82, 2.24) is 9.78 Å². The molecule has 1 aromatic rings. The Labute approximate surface area is 186 Å². The first-order chi connectivity index (χ1) is 14.7. The average Bonchev–Trinajstić information content (AvgIpc) is 3.32. The maximum absolute atomic E-state index is 13.3. The van der Waals surface area contributed by atoms with Crippen molar-refractivity contribution in [1.29, 1.82) is 0 Å². The average molecular weight is 427 g/mol. The molecule has 1 N–H and O–H groups in total. The van der Waals surface area contributed by atoms with Crippen molar-refractivity contribution in [2.45, 2.75) is 85.1 Å². The lowest BCUT2D eigenvalue weighted by Crippen LogP contribution is -2.53. The number of hydrogen-bond donors (Lipinski definition) is 1. The molecule has 170 valence electrons. The van der Waals surface area contributed by atoms with Crippen LogP contribution in [0.5, 0.6) is 0 Å². The molecule has 1 heterocycles. The highest BCUT2D eigenvalue weighted by atomic mass is 16.4. The van der Waals surface area contributed by atoms with Gasteiger partial charge in [-0.05, 0) is 91.8 Å². The molecule has 31 heavy (non-hydrogen) atoms. The van der Waals surface area contributed by atoms with Crippen molar-refractivity contribution in [3.05, 3.63) is 18.0 Å². The van der Waals surface area contributed by atoms with Crippen LogP contribution in [0, 0.1) is 46.3 Å². The van der Waals surface area contributed by atoms with Crippen LogP contribution < -0.4 is 0 Å². The number of rotatable bonds is 4. The maximum atomic E-state index is 13.3. The molecule has 5 nitrogen and oxygen atoms in total. The predicted octanol–water partition coefficient (Wildman–Crippen LogP) is 5.45. The van der Waals surface area contributed by atoms with E-state index in [9.17, 15) is 9.59 Å². The number of aromatic nitrogens is 2. The minimum atomic E-state index is -0.994. The molecule has 4 saturated carbocycles.